The molecule has 3 heterocycles. The summed E-state index contributed by atoms with van der Waals surface area (Å²) < 4.78 is 43.7. The second kappa shape index (κ2) is 6.86. The third-order valence-electron chi connectivity index (χ3n) is 4.40. The Hall–Kier alpha value is -0.990. The summed E-state index contributed by atoms with van der Waals surface area (Å²) in [6.45, 7) is 3.79. The van der Waals surface area contributed by atoms with Crippen LogP contribution in [0.15, 0.2) is 18.2 Å². The van der Waals surface area contributed by atoms with E-state index < -0.39 is 11.9 Å². The van der Waals surface area contributed by atoms with Crippen molar-refractivity contribution in [1.29, 1.82) is 0 Å². The van der Waals surface area contributed by atoms with Crippen molar-refractivity contribution in [1.82, 2.24) is 9.88 Å². The number of morpholine rings is 1. The van der Waals surface area contributed by atoms with Gasteiger partial charge in [0.2, 0.25) is 0 Å². The van der Waals surface area contributed by atoms with E-state index in [1.807, 2.05) is 11.8 Å². The molecule has 0 aliphatic carbocycles. The van der Waals surface area contributed by atoms with Crippen LogP contribution in [0, 0.1) is 0 Å². The number of ether oxygens (including phenoxy) is 1. The van der Waals surface area contributed by atoms with E-state index in [1.165, 1.54) is 6.07 Å². The van der Waals surface area contributed by atoms with Crippen LogP contribution in [-0.4, -0.2) is 59.8 Å². The average Bonchev–Trinajstić information content (AvgIpc) is 3.04. The van der Waals surface area contributed by atoms with Crippen LogP contribution >= 0.6 is 11.8 Å². The summed E-state index contributed by atoms with van der Waals surface area (Å²) in [5, 5.41) is 3.13. The number of rotatable bonds is 4. The van der Waals surface area contributed by atoms with E-state index in [9.17, 15) is 13.2 Å². The van der Waals surface area contributed by atoms with Crippen molar-refractivity contribution in [3.8, 4) is 0 Å². The molecule has 0 saturated carbocycles. The molecule has 1 aromatic rings. The lowest BCUT2D eigenvalue weighted by Gasteiger charge is -2.43. The van der Waals surface area contributed by atoms with Crippen LogP contribution < -0.4 is 5.32 Å². The summed E-state index contributed by atoms with van der Waals surface area (Å²) in [6, 6.07) is 3.97. The number of alkyl halides is 3. The average molecular weight is 347 g/mol. The van der Waals surface area contributed by atoms with Gasteiger partial charge in [-0.05, 0) is 24.3 Å². The van der Waals surface area contributed by atoms with Gasteiger partial charge < -0.3 is 10.1 Å². The van der Waals surface area contributed by atoms with Gasteiger partial charge in [0.25, 0.3) is 0 Å². The molecule has 4 nitrogen and oxygen atoms in total. The number of thioether (sulfide) groups is 1. The molecule has 1 atom stereocenters. The molecular weight excluding hydrogens is 327 g/mol. The van der Waals surface area contributed by atoms with Crippen LogP contribution in [0.25, 0.3) is 0 Å². The predicted octanol–water partition coefficient (Wildman–Crippen LogP) is 2.72. The van der Waals surface area contributed by atoms with Crippen LogP contribution in [0.3, 0.4) is 0 Å². The van der Waals surface area contributed by atoms with Gasteiger partial charge >= 0.3 is 6.18 Å². The lowest BCUT2D eigenvalue weighted by atomic mass is 9.95. The molecule has 0 amide bonds. The Labute approximate surface area is 137 Å². The molecule has 0 radical (unpaired) electrons. The number of nitrogens with zero attached hydrogens (tertiary/aromatic N) is 2. The van der Waals surface area contributed by atoms with Crippen molar-refractivity contribution in [2.75, 3.05) is 49.7 Å². The minimum absolute atomic E-state index is 0.0234. The first kappa shape index (κ1) is 16.9. The summed E-state index contributed by atoms with van der Waals surface area (Å²) in [5.74, 6) is 2.35. The van der Waals surface area contributed by atoms with Crippen LogP contribution in [0.2, 0.25) is 0 Å². The van der Waals surface area contributed by atoms with Gasteiger partial charge in [0, 0.05) is 30.9 Å². The largest absolute Gasteiger partial charge is 0.433 e. The Balaban J connectivity index is 1.70. The second-order valence-corrected chi connectivity index (χ2v) is 6.99. The van der Waals surface area contributed by atoms with E-state index in [0.717, 1.165) is 37.1 Å². The zero-order valence-corrected chi connectivity index (χ0v) is 13.6. The molecule has 8 heteroatoms. The highest BCUT2D eigenvalue weighted by Crippen LogP contribution is 2.34. The van der Waals surface area contributed by atoms with Crippen molar-refractivity contribution >= 4 is 17.6 Å². The monoisotopic (exact) mass is 347 g/mol. The maximum atomic E-state index is 12.8. The minimum atomic E-state index is -4.41. The number of aromatic nitrogens is 1. The number of hydrogen-bond donors (Lipinski definition) is 1. The molecule has 1 aromatic heterocycles. The molecule has 0 aromatic carbocycles. The summed E-state index contributed by atoms with van der Waals surface area (Å²) in [7, 11) is 0. The quantitative estimate of drug-likeness (QED) is 0.906. The van der Waals surface area contributed by atoms with Crippen molar-refractivity contribution < 1.29 is 17.9 Å². The van der Waals surface area contributed by atoms with E-state index in [0.29, 0.717) is 19.8 Å². The first-order valence-corrected chi connectivity index (χ1v) is 8.84. The van der Waals surface area contributed by atoms with Gasteiger partial charge in [0.1, 0.15) is 11.5 Å². The fourth-order valence-electron chi connectivity index (χ4n) is 3.08. The van der Waals surface area contributed by atoms with E-state index in [2.05, 4.69) is 15.2 Å². The van der Waals surface area contributed by atoms with Crippen LogP contribution in [-0.2, 0) is 10.9 Å². The molecule has 1 N–H and O–H groups in total. The number of anilines is 1. The van der Waals surface area contributed by atoms with Gasteiger partial charge in [-0.15, -0.1) is 0 Å². The Morgan fingerprint density at radius 1 is 1.30 bits per heavy atom. The van der Waals surface area contributed by atoms with Crippen molar-refractivity contribution in [2.45, 2.75) is 18.1 Å². The highest BCUT2D eigenvalue weighted by Gasteiger charge is 2.40. The van der Waals surface area contributed by atoms with Gasteiger partial charge in [0.15, 0.2) is 0 Å². The lowest BCUT2D eigenvalue weighted by molar-refractivity contribution is -0.141. The summed E-state index contributed by atoms with van der Waals surface area (Å²) in [6.07, 6.45) is -3.38. The maximum absolute atomic E-state index is 12.8. The van der Waals surface area contributed by atoms with Gasteiger partial charge in [-0.1, -0.05) is 6.07 Å². The van der Waals surface area contributed by atoms with Gasteiger partial charge in [0.05, 0.1) is 13.2 Å². The van der Waals surface area contributed by atoms with E-state index >= 15 is 0 Å². The third kappa shape index (κ3) is 3.92. The SMILES string of the molecule is FC(F)(F)c1cccc(NC[C@]2(N3CCOCC3)CCSC2)n1. The highest BCUT2D eigenvalue weighted by molar-refractivity contribution is 7.99. The summed E-state index contributed by atoms with van der Waals surface area (Å²) in [4.78, 5) is 6.11. The first-order chi connectivity index (χ1) is 11.0. The molecule has 2 aliphatic rings. The fraction of sp³-hybridized carbons (Fsp3) is 0.667. The van der Waals surface area contributed by atoms with E-state index in [1.54, 1.807) is 6.07 Å². The molecule has 2 saturated heterocycles. The minimum Gasteiger partial charge on any atom is -0.379 e. The number of hydrogen-bond acceptors (Lipinski definition) is 5. The molecule has 2 fully saturated rings. The molecular formula is C15H20F3N3OS. The molecule has 0 unspecified atom stereocenters. The first-order valence-electron chi connectivity index (χ1n) is 7.68. The van der Waals surface area contributed by atoms with Crippen molar-refractivity contribution in [3.63, 3.8) is 0 Å². The molecule has 2 aliphatic heterocycles. The van der Waals surface area contributed by atoms with Gasteiger partial charge in [-0.2, -0.15) is 24.9 Å². The molecule has 23 heavy (non-hydrogen) atoms. The van der Waals surface area contributed by atoms with Crippen molar-refractivity contribution in [3.05, 3.63) is 23.9 Å². The number of halogens is 3. The maximum Gasteiger partial charge on any atom is 0.433 e. The van der Waals surface area contributed by atoms with Crippen LogP contribution in [0.4, 0.5) is 19.0 Å². The normalized spacial score (nSPS) is 26.4. The summed E-state index contributed by atoms with van der Waals surface area (Å²) in [5.41, 5.74) is -0.881. The smallest absolute Gasteiger partial charge is 0.379 e. The highest BCUT2D eigenvalue weighted by atomic mass is 32.2. The van der Waals surface area contributed by atoms with E-state index in [4.69, 9.17) is 4.74 Å². The van der Waals surface area contributed by atoms with Gasteiger partial charge in [-0.3, -0.25) is 4.90 Å². The standard InChI is InChI=1S/C15H20F3N3OS/c16-15(17,18)12-2-1-3-13(20-12)19-10-14(4-9-23-11-14)21-5-7-22-8-6-21/h1-3H,4-11H2,(H,19,20)/t14-/m1/s1. The molecule has 0 bridgehead atoms. The Kier molecular flexibility index (Phi) is 5.03. The lowest BCUT2D eigenvalue weighted by Crippen LogP contribution is -2.57. The Morgan fingerprint density at radius 3 is 2.74 bits per heavy atom. The number of nitrogens with one attached hydrogen (secondary N) is 1. The topological polar surface area (TPSA) is 37.4 Å². The second-order valence-electron chi connectivity index (χ2n) is 5.89. The molecule has 128 valence electrons. The van der Waals surface area contributed by atoms with Crippen LogP contribution in [0.1, 0.15) is 12.1 Å². The fourth-order valence-corrected chi connectivity index (χ4v) is 4.56. The van der Waals surface area contributed by atoms with E-state index in [-0.39, 0.29) is 11.4 Å². The Morgan fingerprint density at radius 2 is 2.09 bits per heavy atom. The van der Waals surface area contributed by atoms with Gasteiger partial charge in [-0.25, -0.2) is 4.98 Å². The van der Waals surface area contributed by atoms with Crippen molar-refractivity contribution in [2.24, 2.45) is 0 Å². The zero-order valence-electron chi connectivity index (χ0n) is 12.7. The third-order valence-corrected chi connectivity index (χ3v) is 5.64. The zero-order chi connectivity index (χ0) is 16.3. The number of pyridine rings is 1. The van der Waals surface area contributed by atoms with Crippen LogP contribution in [0.5, 0.6) is 0 Å². The predicted molar refractivity (Wildman–Crippen MR) is 84.8 cm³/mol. The Bertz CT molecular complexity index is 529. The molecule has 0 spiro atoms. The summed E-state index contributed by atoms with van der Waals surface area (Å²) >= 11 is 1.89. The molecule has 3 rings (SSSR count).